The zero-order valence-corrected chi connectivity index (χ0v) is 14.3. The molecule has 0 aliphatic heterocycles. The summed E-state index contributed by atoms with van der Waals surface area (Å²) in [5.41, 5.74) is 0.974. The Bertz CT molecular complexity index is 539. The highest BCUT2D eigenvalue weighted by Crippen LogP contribution is 2.13. The third kappa shape index (κ3) is 7.76. The van der Waals surface area contributed by atoms with Gasteiger partial charge in [-0.1, -0.05) is 12.1 Å². The second-order valence-electron chi connectivity index (χ2n) is 5.16. The molecule has 0 bridgehead atoms. The van der Waals surface area contributed by atoms with E-state index in [9.17, 15) is 14.4 Å². The molecule has 0 radical (unpaired) electrons. The van der Waals surface area contributed by atoms with Crippen LogP contribution in [0.5, 0.6) is 5.75 Å². The molecule has 0 aliphatic carbocycles. The van der Waals surface area contributed by atoms with Gasteiger partial charge in [-0.05, 0) is 44.4 Å². The lowest BCUT2D eigenvalue weighted by molar-refractivity contribution is -0.143. The predicted molar refractivity (Wildman–Crippen MR) is 89.8 cm³/mol. The van der Waals surface area contributed by atoms with Crippen LogP contribution in [0.15, 0.2) is 24.3 Å². The Morgan fingerprint density at radius 1 is 1.00 bits per heavy atom. The first-order valence-electron chi connectivity index (χ1n) is 8.25. The topological polar surface area (TPSA) is 81.7 Å². The quantitative estimate of drug-likeness (QED) is 0.380. The number of aryl methyl sites for hydroxylation is 1. The monoisotopic (exact) mass is 335 g/mol. The number of hydrogen-bond acceptors (Lipinski definition) is 5. The van der Waals surface area contributed by atoms with Crippen LogP contribution in [-0.4, -0.2) is 37.4 Å². The van der Waals surface area contributed by atoms with E-state index in [1.807, 2.05) is 31.2 Å². The van der Waals surface area contributed by atoms with Crippen LogP contribution in [0.2, 0.25) is 0 Å². The molecule has 0 aromatic heterocycles. The van der Waals surface area contributed by atoms with E-state index in [4.69, 9.17) is 9.47 Å². The van der Waals surface area contributed by atoms with Crippen LogP contribution in [0.3, 0.4) is 0 Å². The fraction of sp³-hybridized carbons (Fsp3) is 0.500. The molecular weight excluding hydrogens is 310 g/mol. The van der Waals surface area contributed by atoms with Gasteiger partial charge in [0.15, 0.2) is 0 Å². The fourth-order valence-corrected chi connectivity index (χ4v) is 2.06. The summed E-state index contributed by atoms with van der Waals surface area (Å²) in [7, 11) is 0. The van der Waals surface area contributed by atoms with Gasteiger partial charge in [-0.15, -0.1) is 0 Å². The Kier molecular flexibility index (Phi) is 9.19. The Morgan fingerprint density at radius 3 is 2.33 bits per heavy atom. The number of rotatable bonds is 11. The molecule has 1 amide bonds. The van der Waals surface area contributed by atoms with Crippen LogP contribution in [0.4, 0.5) is 0 Å². The van der Waals surface area contributed by atoms with Gasteiger partial charge in [-0.3, -0.25) is 14.4 Å². The number of amides is 1. The van der Waals surface area contributed by atoms with Crippen molar-refractivity contribution in [3.63, 3.8) is 0 Å². The smallest absolute Gasteiger partial charge is 0.305 e. The van der Waals surface area contributed by atoms with Gasteiger partial charge in [0.2, 0.25) is 5.78 Å². The summed E-state index contributed by atoms with van der Waals surface area (Å²) in [6.45, 7) is 4.89. The van der Waals surface area contributed by atoms with E-state index in [-0.39, 0.29) is 25.4 Å². The van der Waals surface area contributed by atoms with Crippen molar-refractivity contribution in [2.45, 2.75) is 39.5 Å². The number of benzene rings is 1. The van der Waals surface area contributed by atoms with E-state index in [1.165, 1.54) is 0 Å². The maximum atomic E-state index is 11.8. The number of carbonyl (C=O) groups is 3. The average Bonchev–Trinajstić information content (AvgIpc) is 2.58. The molecule has 1 aromatic rings. The lowest BCUT2D eigenvalue weighted by Crippen LogP contribution is -2.32. The van der Waals surface area contributed by atoms with E-state index in [0.717, 1.165) is 11.3 Å². The lowest BCUT2D eigenvalue weighted by atomic mass is 10.1. The average molecular weight is 335 g/mol. The molecule has 0 heterocycles. The van der Waals surface area contributed by atoms with Gasteiger partial charge in [0.25, 0.3) is 5.91 Å². The van der Waals surface area contributed by atoms with E-state index in [1.54, 1.807) is 6.92 Å². The summed E-state index contributed by atoms with van der Waals surface area (Å²) in [6.07, 6.45) is 1.34. The first-order valence-corrected chi connectivity index (χ1v) is 8.25. The molecule has 0 fully saturated rings. The molecule has 0 spiro atoms. The van der Waals surface area contributed by atoms with Crippen LogP contribution in [0.1, 0.15) is 38.7 Å². The lowest BCUT2D eigenvalue weighted by Gasteiger charge is -2.06. The number of Topliss-reactive ketones (excluding diaryl/α,β-unsaturated/α-hetero) is 1. The summed E-state index contributed by atoms with van der Waals surface area (Å²) in [5.74, 6) is -0.578. The zero-order chi connectivity index (χ0) is 17.8. The molecule has 0 unspecified atom stereocenters. The predicted octanol–water partition coefficient (Wildman–Crippen LogP) is 2.05. The van der Waals surface area contributed by atoms with Crippen molar-refractivity contribution < 1.29 is 23.9 Å². The minimum absolute atomic E-state index is 0.150. The van der Waals surface area contributed by atoms with Gasteiger partial charge in [0.1, 0.15) is 5.75 Å². The van der Waals surface area contributed by atoms with E-state index in [2.05, 4.69) is 5.32 Å². The van der Waals surface area contributed by atoms with Crippen molar-refractivity contribution in [1.82, 2.24) is 5.32 Å². The van der Waals surface area contributed by atoms with E-state index in [0.29, 0.717) is 26.1 Å². The Balaban J connectivity index is 2.24. The molecule has 0 atom stereocenters. The highest BCUT2D eigenvalue weighted by molar-refractivity contribution is 6.36. The van der Waals surface area contributed by atoms with Gasteiger partial charge in [0.05, 0.1) is 13.2 Å². The van der Waals surface area contributed by atoms with Gasteiger partial charge in [-0.2, -0.15) is 0 Å². The molecule has 132 valence electrons. The number of ether oxygens (including phenoxy) is 2. The van der Waals surface area contributed by atoms with Crippen molar-refractivity contribution in [1.29, 1.82) is 0 Å². The van der Waals surface area contributed by atoms with Crippen LogP contribution in [0.25, 0.3) is 0 Å². The SMILES string of the molecule is CCOC(=O)CCCNC(=O)C(=O)CCc1ccc(OCC)cc1. The number of esters is 1. The number of hydrogen-bond donors (Lipinski definition) is 1. The summed E-state index contributed by atoms with van der Waals surface area (Å²) in [5, 5.41) is 2.53. The molecule has 0 saturated carbocycles. The van der Waals surface area contributed by atoms with Gasteiger partial charge < -0.3 is 14.8 Å². The third-order valence-electron chi connectivity index (χ3n) is 3.28. The Hall–Kier alpha value is -2.37. The summed E-state index contributed by atoms with van der Waals surface area (Å²) in [4.78, 5) is 34.6. The highest BCUT2D eigenvalue weighted by atomic mass is 16.5. The maximum Gasteiger partial charge on any atom is 0.305 e. The molecule has 6 nitrogen and oxygen atoms in total. The highest BCUT2D eigenvalue weighted by Gasteiger charge is 2.13. The first-order chi connectivity index (χ1) is 11.6. The molecular formula is C18H25NO5. The molecule has 0 saturated heterocycles. The normalized spacial score (nSPS) is 10.1. The summed E-state index contributed by atoms with van der Waals surface area (Å²) < 4.78 is 10.1. The molecule has 1 aromatic carbocycles. The minimum atomic E-state index is -0.607. The van der Waals surface area contributed by atoms with Crippen LogP contribution >= 0.6 is 0 Å². The summed E-state index contributed by atoms with van der Waals surface area (Å²) in [6, 6.07) is 7.46. The van der Waals surface area contributed by atoms with Crippen molar-refractivity contribution in [3.05, 3.63) is 29.8 Å². The van der Waals surface area contributed by atoms with Gasteiger partial charge in [-0.25, -0.2) is 0 Å². The van der Waals surface area contributed by atoms with E-state index >= 15 is 0 Å². The standard InChI is InChI=1S/C18H25NO5/c1-3-23-15-10-7-14(8-11-15)9-12-16(20)18(22)19-13-5-6-17(21)24-4-2/h7-8,10-11H,3-6,9,12-13H2,1-2H3,(H,19,22). The number of ketones is 1. The minimum Gasteiger partial charge on any atom is -0.494 e. The third-order valence-corrected chi connectivity index (χ3v) is 3.28. The molecule has 1 N–H and O–H groups in total. The fourth-order valence-electron chi connectivity index (χ4n) is 2.06. The second kappa shape index (κ2) is 11.2. The van der Waals surface area contributed by atoms with Crippen LogP contribution in [-0.2, 0) is 25.5 Å². The first kappa shape index (κ1) is 19.7. The van der Waals surface area contributed by atoms with Crippen molar-refractivity contribution in [3.8, 4) is 5.75 Å². The second-order valence-corrected chi connectivity index (χ2v) is 5.16. The molecule has 24 heavy (non-hydrogen) atoms. The number of carbonyl (C=O) groups excluding carboxylic acids is 3. The van der Waals surface area contributed by atoms with Crippen molar-refractivity contribution >= 4 is 17.7 Å². The molecule has 6 heteroatoms. The maximum absolute atomic E-state index is 11.8. The summed E-state index contributed by atoms with van der Waals surface area (Å²) >= 11 is 0. The zero-order valence-electron chi connectivity index (χ0n) is 14.3. The van der Waals surface area contributed by atoms with Crippen LogP contribution in [0, 0.1) is 0 Å². The van der Waals surface area contributed by atoms with Crippen LogP contribution < -0.4 is 10.1 Å². The Labute approximate surface area is 142 Å². The largest absolute Gasteiger partial charge is 0.494 e. The van der Waals surface area contributed by atoms with E-state index < -0.39 is 11.7 Å². The van der Waals surface area contributed by atoms with Gasteiger partial charge >= 0.3 is 5.97 Å². The molecule has 0 aliphatic rings. The van der Waals surface area contributed by atoms with Crippen molar-refractivity contribution in [2.24, 2.45) is 0 Å². The molecule has 1 rings (SSSR count). The van der Waals surface area contributed by atoms with Gasteiger partial charge in [0, 0.05) is 19.4 Å². The van der Waals surface area contributed by atoms with Crippen molar-refractivity contribution in [2.75, 3.05) is 19.8 Å². The Morgan fingerprint density at radius 2 is 1.71 bits per heavy atom. The number of nitrogens with one attached hydrogen (secondary N) is 1.